The van der Waals surface area contributed by atoms with Crippen LogP contribution >= 0.6 is 0 Å². The molecule has 98 valence electrons. The van der Waals surface area contributed by atoms with Crippen molar-refractivity contribution < 1.29 is 4.79 Å². The van der Waals surface area contributed by atoms with Crippen LogP contribution in [0.15, 0.2) is 30.3 Å². The Kier molecular flexibility index (Phi) is 4.02. The van der Waals surface area contributed by atoms with Crippen molar-refractivity contribution in [3.63, 3.8) is 0 Å². The summed E-state index contributed by atoms with van der Waals surface area (Å²) in [7, 11) is 0. The third-order valence-corrected chi connectivity index (χ3v) is 3.79. The van der Waals surface area contributed by atoms with E-state index in [2.05, 4.69) is 5.32 Å². The minimum Gasteiger partial charge on any atom is -0.351 e. The van der Waals surface area contributed by atoms with Crippen LogP contribution in [0.1, 0.15) is 44.6 Å². The highest BCUT2D eigenvalue weighted by atomic mass is 16.2. The fourth-order valence-corrected chi connectivity index (χ4v) is 2.50. The lowest BCUT2D eigenvalue weighted by Gasteiger charge is -2.29. The van der Waals surface area contributed by atoms with Crippen molar-refractivity contribution in [3.05, 3.63) is 35.9 Å². The summed E-state index contributed by atoms with van der Waals surface area (Å²) in [5, 5.41) is 3.09. The fourth-order valence-electron chi connectivity index (χ4n) is 2.50. The molecule has 3 heteroatoms. The predicted molar refractivity (Wildman–Crippen MR) is 73.0 cm³/mol. The molecule has 1 amide bonds. The molecular weight excluding hydrogens is 224 g/mol. The smallest absolute Gasteiger partial charge is 0.244 e. The van der Waals surface area contributed by atoms with E-state index in [1.165, 1.54) is 19.3 Å². The highest BCUT2D eigenvalue weighted by Gasteiger charge is 2.31. The van der Waals surface area contributed by atoms with Gasteiger partial charge >= 0.3 is 0 Å². The molecule has 1 unspecified atom stereocenters. The van der Waals surface area contributed by atoms with E-state index in [4.69, 9.17) is 5.73 Å². The van der Waals surface area contributed by atoms with Crippen LogP contribution in [0.5, 0.6) is 0 Å². The number of hydrogen-bond acceptors (Lipinski definition) is 2. The van der Waals surface area contributed by atoms with Gasteiger partial charge in [0.05, 0.1) is 0 Å². The second kappa shape index (κ2) is 5.53. The lowest BCUT2D eigenvalue weighted by atomic mass is 9.90. The lowest BCUT2D eigenvalue weighted by Crippen LogP contribution is -2.52. The standard InChI is InChI=1S/C15H22N2O/c1-15(16,12-8-4-2-5-9-12)14(18)17-13-10-6-3-7-11-13/h2,4-5,8-9,13H,3,6-7,10-11,16H2,1H3,(H,17,18). The van der Waals surface area contributed by atoms with Crippen molar-refractivity contribution in [2.24, 2.45) is 5.73 Å². The maximum atomic E-state index is 12.3. The average molecular weight is 246 g/mol. The van der Waals surface area contributed by atoms with Gasteiger partial charge in [-0.15, -0.1) is 0 Å². The molecule has 3 N–H and O–H groups in total. The summed E-state index contributed by atoms with van der Waals surface area (Å²) in [6.45, 7) is 1.78. The fraction of sp³-hybridized carbons (Fsp3) is 0.533. The Labute approximate surface area is 109 Å². The van der Waals surface area contributed by atoms with Crippen molar-refractivity contribution >= 4 is 5.91 Å². The van der Waals surface area contributed by atoms with Gasteiger partial charge in [0.15, 0.2) is 0 Å². The molecule has 1 atom stereocenters. The first-order valence-corrected chi connectivity index (χ1v) is 6.76. The maximum absolute atomic E-state index is 12.3. The zero-order valence-electron chi connectivity index (χ0n) is 11.0. The summed E-state index contributed by atoms with van der Waals surface area (Å²) in [4.78, 5) is 12.3. The van der Waals surface area contributed by atoms with E-state index in [0.29, 0.717) is 6.04 Å². The van der Waals surface area contributed by atoms with Gasteiger partial charge in [-0.2, -0.15) is 0 Å². The Hall–Kier alpha value is -1.35. The molecule has 0 radical (unpaired) electrons. The van der Waals surface area contributed by atoms with Crippen LogP contribution in [0, 0.1) is 0 Å². The van der Waals surface area contributed by atoms with Crippen LogP contribution in [0.25, 0.3) is 0 Å². The summed E-state index contributed by atoms with van der Waals surface area (Å²) in [6.07, 6.45) is 5.85. The normalized spacial score (nSPS) is 20.1. The number of nitrogens with two attached hydrogens (primary N) is 1. The molecule has 1 aliphatic carbocycles. The molecule has 1 aromatic carbocycles. The van der Waals surface area contributed by atoms with Crippen molar-refractivity contribution in [1.29, 1.82) is 0 Å². The van der Waals surface area contributed by atoms with E-state index < -0.39 is 5.54 Å². The van der Waals surface area contributed by atoms with Crippen LogP contribution in [0.2, 0.25) is 0 Å². The molecule has 0 heterocycles. The van der Waals surface area contributed by atoms with Gasteiger partial charge in [-0.05, 0) is 25.3 Å². The van der Waals surface area contributed by atoms with Crippen molar-refractivity contribution in [1.82, 2.24) is 5.32 Å². The number of carbonyl (C=O) groups excluding carboxylic acids is 1. The number of nitrogens with one attached hydrogen (secondary N) is 1. The molecule has 0 aromatic heterocycles. The monoisotopic (exact) mass is 246 g/mol. The van der Waals surface area contributed by atoms with Crippen molar-refractivity contribution in [2.45, 2.75) is 50.6 Å². The second-order valence-electron chi connectivity index (χ2n) is 5.38. The minimum atomic E-state index is -0.946. The lowest BCUT2D eigenvalue weighted by molar-refractivity contribution is -0.127. The van der Waals surface area contributed by atoms with E-state index >= 15 is 0 Å². The van der Waals surface area contributed by atoms with Gasteiger partial charge in [-0.25, -0.2) is 0 Å². The van der Waals surface area contributed by atoms with Crippen LogP contribution in [0.4, 0.5) is 0 Å². The largest absolute Gasteiger partial charge is 0.351 e. The van der Waals surface area contributed by atoms with Gasteiger partial charge in [0, 0.05) is 6.04 Å². The molecule has 3 nitrogen and oxygen atoms in total. The highest BCUT2D eigenvalue weighted by molar-refractivity contribution is 5.87. The number of carbonyl (C=O) groups is 1. The molecular formula is C15H22N2O. The molecule has 0 aliphatic heterocycles. The Morgan fingerprint density at radius 1 is 1.22 bits per heavy atom. The third kappa shape index (κ3) is 2.91. The summed E-state index contributed by atoms with van der Waals surface area (Å²) in [5.74, 6) is -0.0689. The summed E-state index contributed by atoms with van der Waals surface area (Å²) in [5.41, 5.74) is 6.10. The Morgan fingerprint density at radius 2 is 1.83 bits per heavy atom. The zero-order chi connectivity index (χ0) is 13.0. The van der Waals surface area contributed by atoms with E-state index in [1.807, 2.05) is 30.3 Å². The molecule has 2 rings (SSSR count). The van der Waals surface area contributed by atoms with Gasteiger partial charge in [-0.3, -0.25) is 4.79 Å². The maximum Gasteiger partial charge on any atom is 0.244 e. The second-order valence-corrected chi connectivity index (χ2v) is 5.38. The quantitative estimate of drug-likeness (QED) is 0.860. The molecule has 1 saturated carbocycles. The van der Waals surface area contributed by atoms with E-state index in [-0.39, 0.29) is 5.91 Å². The Bertz CT molecular complexity index is 394. The van der Waals surface area contributed by atoms with E-state index in [9.17, 15) is 4.79 Å². The van der Waals surface area contributed by atoms with Crippen molar-refractivity contribution in [2.75, 3.05) is 0 Å². The number of amides is 1. The molecule has 18 heavy (non-hydrogen) atoms. The SMILES string of the molecule is CC(N)(C(=O)NC1CCCCC1)c1ccccc1. The van der Waals surface area contributed by atoms with Gasteiger partial charge in [0.1, 0.15) is 5.54 Å². The topological polar surface area (TPSA) is 55.1 Å². The highest BCUT2D eigenvalue weighted by Crippen LogP contribution is 2.21. The molecule has 0 spiro atoms. The number of rotatable bonds is 3. The van der Waals surface area contributed by atoms with E-state index in [1.54, 1.807) is 6.92 Å². The van der Waals surface area contributed by atoms with Crippen molar-refractivity contribution in [3.8, 4) is 0 Å². The molecule has 1 fully saturated rings. The van der Waals surface area contributed by atoms with Crippen LogP contribution in [-0.4, -0.2) is 11.9 Å². The van der Waals surface area contributed by atoms with Crippen LogP contribution < -0.4 is 11.1 Å². The van der Waals surface area contributed by atoms with Gasteiger partial charge in [-0.1, -0.05) is 49.6 Å². The predicted octanol–water partition coefficient (Wildman–Crippen LogP) is 2.31. The first-order valence-electron chi connectivity index (χ1n) is 6.76. The third-order valence-electron chi connectivity index (χ3n) is 3.79. The van der Waals surface area contributed by atoms with Crippen LogP contribution in [-0.2, 0) is 10.3 Å². The van der Waals surface area contributed by atoms with Gasteiger partial charge in [0.2, 0.25) is 5.91 Å². The Morgan fingerprint density at radius 3 is 2.44 bits per heavy atom. The molecule has 0 bridgehead atoms. The first kappa shape index (κ1) is 13.1. The molecule has 1 aromatic rings. The van der Waals surface area contributed by atoms with Gasteiger partial charge < -0.3 is 11.1 Å². The summed E-state index contributed by atoms with van der Waals surface area (Å²) < 4.78 is 0. The van der Waals surface area contributed by atoms with Crippen LogP contribution in [0.3, 0.4) is 0 Å². The number of hydrogen-bond donors (Lipinski definition) is 2. The van der Waals surface area contributed by atoms with E-state index in [0.717, 1.165) is 18.4 Å². The Balaban J connectivity index is 2.03. The molecule has 0 saturated heterocycles. The average Bonchev–Trinajstić information content (AvgIpc) is 2.41. The zero-order valence-corrected chi connectivity index (χ0v) is 11.0. The number of benzene rings is 1. The summed E-state index contributed by atoms with van der Waals surface area (Å²) in [6, 6.07) is 9.86. The molecule has 1 aliphatic rings. The van der Waals surface area contributed by atoms with Gasteiger partial charge in [0.25, 0.3) is 0 Å². The summed E-state index contributed by atoms with van der Waals surface area (Å²) >= 11 is 0. The minimum absolute atomic E-state index is 0.0689. The first-order chi connectivity index (χ1) is 8.60.